The molecule has 0 spiro atoms. The summed E-state index contributed by atoms with van der Waals surface area (Å²) in [5, 5.41) is 7.26. The maximum atomic E-state index is 12.4. The quantitative estimate of drug-likeness (QED) is 0.865. The SMILES string of the molecule is CC(CN)(NC(=O)c1cnn2ccccc12)C1CC1. The molecule has 1 fully saturated rings. The van der Waals surface area contributed by atoms with Crippen LogP contribution in [0.4, 0.5) is 0 Å². The molecule has 1 unspecified atom stereocenters. The van der Waals surface area contributed by atoms with E-state index in [1.807, 2.05) is 31.3 Å². The summed E-state index contributed by atoms with van der Waals surface area (Å²) in [6, 6.07) is 5.67. The summed E-state index contributed by atoms with van der Waals surface area (Å²) in [5.41, 5.74) is 6.93. The molecule has 3 rings (SSSR count). The predicted molar refractivity (Wildman–Crippen MR) is 72.8 cm³/mol. The third-order valence-electron chi connectivity index (χ3n) is 3.97. The van der Waals surface area contributed by atoms with E-state index >= 15 is 0 Å². The highest BCUT2D eigenvalue weighted by molar-refractivity contribution is 6.01. The summed E-state index contributed by atoms with van der Waals surface area (Å²) < 4.78 is 1.70. The van der Waals surface area contributed by atoms with Gasteiger partial charge in [0, 0.05) is 12.7 Å². The van der Waals surface area contributed by atoms with Crippen molar-refractivity contribution in [2.75, 3.05) is 6.54 Å². The number of hydrogen-bond acceptors (Lipinski definition) is 3. The first-order valence-corrected chi connectivity index (χ1v) is 6.59. The second-order valence-corrected chi connectivity index (χ2v) is 5.44. The summed E-state index contributed by atoms with van der Waals surface area (Å²) in [6.45, 7) is 2.48. The Hall–Kier alpha value is -1.88. The van der Waals surface area contributed by atoms with Crippen molar-refractivity contribution in [3.63, 3.8) is 0 Å². The molecule has 100 valence electrons. The number of nitrogens with two attached hydrogens (primary N) is 1. The van der Waals surface area contributed by atoms with Gasteiger partial charge in [0.2, 0.25) is 0 Å². The van der Waals surface area contributed by atoms with E-state index in [-0.39, 0.29) is 11.4 Å². The van der Waals surface area contributed by atoms with Gasteiger partial charge >= 0.3 is 0 Å². The molecule has 2 aromatic heterocycles. The molecule has 1 aliphatic carbocycles. The van der Waals surface area contributed by atoms with Crippen LogP contribution in [0.15, 0.2) is 30.6 Å². The van der Waals surface area contributed by atoms with E-state index in [9.17, 15) is 4.79 Å². The van der Waals surface area contributed by atoms with Gasteiger partial charge in [-0.2, -0.15) is 5.10 Å². The fourth-order valence-electron chi connectivity index (χ4n) is 2.48. The Labute approximate surface area is 111 Å². The van der Waals surface area contributed by atoms with Crippen LogP contribution in [0.3, 0.4) is 0 Å². The van der Waals surface area contributed by atoms with Crippen LogP contribution in [-0.4, -0.2) is 27.6 Å². The number of pyridine rings is 1. The van der Waals surface area contributed by atoms with Gasteiger partial charge in [0.05, 0.1) is 22.8 Å². The van der Waals surface area contributed by atoms with Crippen LogP contribution in [0, 0.1) is 5.92 Å². The van der Waals surface area contributed by atoms with Crippen molar-refractivity contribution >= 4 is 11.4 Å². The van der Waals surface area contributed by atoms with Gasteiger partial charge in [-0.3, -0.25) is 4.79 Å². The summed E-state index contributed by atoms with van der Waals surface area (Å²) >= 11 is 0. The summed E-state index contributed by atoms with van der Waals surface area (Å²) in [4.78, 5) is 12.4. The number of nitrogens with one attached hydrogen (secondary N) is 1. The smallest absolute Gasteiger partial charge is 0.255 e. The van der Waals surface area contributed by atoms with E-state index in [1.54, 1.807) is 10.7 Å². The minimum atomic E-state index is -0.305. The van der Waals surface area contributed by atoms with E-state index < -0.39 is 0 Å². The Balaban J connectivity index is 1.87. The van der Waals surface area contributed by atoms with E-state index in [4.69, 9.17) is 5.73 Å². The van der Waals surface area contributed by atoms with Gasteiger partial charge in [-0.05, 0) is 37.8 Å². The molecule has 2 heterocycles. The van der Waals surface area contributed by atoms with Crippen LogP contribution in [0.2, 0.25) is 0 Å². The highest BCUT2D eigenvalue weighted by atomic mass is 16.1. The van der Waals surface area contributed by atoms with Gasteiger partial charge in [-0.1, -0.05) is 6.07 Å². The van der Waals surface area contributed by atoms with Crippen LogP contribution < -0.4 is 11.1 Å². The van der Waals surface area contributed by atoms with Crippen molar-refractivity contribution < 1.29 is 4.79 Å². The summed E-state index contributed by atoms with van der Waals surface area (Å²) in [7, 11) is 0. The summed E-state index contributed by atoms with van der Waals surface area (Å²) in [5.74, 6) is 0.407. The number of hydrogen-bond donors (Lipinski definition) is 2. The molecule has 5 nitrogen and oxygen atoms in total. The third-order valence-corrected chi connectivity index (χ3v) is 3.97. The molecule has 2 aromatic rings. The lowest BCUT2D eigenvalue weighted by molar-refractivity contribution is 0.0899. The van der Waals surface area contributed by atoms with Crippen molar-refractivity contribution in [1.82, 2.24) is 14.9 Å². The molecule has 0 radical (unpaired) electrons. The van der Waals surface area contributed by atoms with Crippen LogP contribution in [-0.2, 0) is 0 Å². The minimum Gasteiger partial charge on any atom is -0.345 e. The fourth-order valence-corrected chi connectivity index (χ4v) is 2.48. The van der Waals surface area contributed by atoms with Crippen molar-refractivity contribution in [2.45, 2.75) is 25.3 Å². The Morgan fingerprint density at radius 1 is 1.58 bits per heavy atom. The number of aromatic nitrogens is 2. The number of fused-ring (bicyclic) bond motifs is 1. The van der Waals surface area contributed by atoms with Crippen molar-refractivity contribution in [2.24, 2.45) is 11.7 Å². The van der Waals surface area contributed by atoms with Gasteiger partial charge in [0.1, 0.15) is 0 Å². The van der Waals surface area contributed by atoms with Gasteiger partial charge < -0.3 is 11.1 Å². The predicted octanol–water partition coefficient (Wildman–Crippen LogP) is 1.19. The Morgan fingerprint density at radius 3 is 3.05 bits per heavy atom. The van der Waals surface area contributed by atoms with Crippen LogP contribution >= 0.6 is 0 Å². The van der Waals surface area contributed by atoms with Crippen molar-refractivity contribution in [1.29, 1.82) is 0 Å². The molecular weight excluding hydrogens is 240 g/mol. The van der Waals surface area contributed by atoms with E-state index in [1.165, 1.54) is 0 Å². The van der Waals surface area contributed by atoms with Gasteiger partial charge in [-0.25, -0.2) is 4.52 Å². The molecule has 19 heavy (non-hydrogen) atoms. The molecule has 3 N–H and O–H groups in total. The molecule has 0 saturated heterocycles. The lowest BCUT2D eigenvalue weighted by Gasteiger charge is -2.29. The molecule has 0 bridgehead atoms. The van der Waals surface area contributed by atoms with Crippen LogP contribution in [0.25, 0.3) is 5.52 Å². The van der Waals surface area contributed by atoms with Crippen LogP contribution in [0.5, 0.6) is 0 Å². The third kappa shape index (κ3) is 2.10. The number of carbonyl (C=O) groups is 1. The first-order valence-electron chi connectivity index (χ1n) is 6.59. The molecule has 1 aliphatic rings. The molecule has 5 heteroatoms. The molecule has 0 aromatic carbocycles. The number of nitrogens with zero attached hydrogens (tertiary/aromatic N) is 2. The van der Waals surface area contributed by atoms with Gasteiger partial charge in [-0.15, -0.1) is 0 Å². The Kier molecular flexibility index (Phi) is 2.78. The van der Waals surface area contributed by atoms with Gasteiger partial charge in [0.15, 0.2) is 0 Å². The minimum absolute atomic E-state index is 0.0962. The van der Waals surface area contributed by atoms with E-state index in [0.717, 1.165) is 18.4 Å². The van der Waals surface area contributed by atoms with Gasteiger partial charge in [0.25, 0.3) is 5.91 Å². The highest BCUT2D eigenvalue weighted by Gasteiger charge is 2.41. The second-order valence-electron chi connectivity index (χ2n) is 5.44. The average molecular weight is 258 g/mol. The zero-order valence-corrected chi connectivity index (χ0v) is 11.0. The number of carbonyl (C=O) groups excluding carboxylic acids is 1. The zero-order valence-electron chi connectivity index (χ0n) is 11.0. The fraction of sp³-hybridized carbons (Fsp3) is 0.429. The maximum Gasteiger partial charge on any atom is 0.255 e. The molecular formula is C14H18N4O. The number of amides is 1. The van der Waals surface area contributed by atoms with Crippen LogP contribution in [0.1, 0.15) is 30.1 Å². The lowest BCUT2D eigenvalue weighted by atomic mass is 9.95. The zero-order chi connectivity index (χ0) is 13.5. The van der Waals surface area contributed by atoms with E-state index in [0.29, 0.717) is 18.0 Å². The lowest BCUT2D eigenvalue weighted by Crippen LogP contribution is -2.53. The normalized spacial score (nSPS) is 18.2. The summed E-state index contributed by atoms with van der Waals surface area (Å²) in [6.07, 6.45) is 5.72. The first-order chi connectivity index (χ1) is 9.14. The second kappa shape index (κ2) is 4.35. The largest absolute Gasteiger partial charge is 0.345 e. The molecule has 1 atom stereocenters. The monoisotopic (exact) mass is 258 g/mol. The number of rotatable bonds is 4. The van der Waals surface area contributed by atoms with Crippen molar-refractivity contribution in [3.05, 3.63) is 36.2 Å². The highest BCUT2D eigenvalue weighted by Crippen LogP contribution is 2.39. The van der Waals surface area contributed by atoms with E-state index in [2.05, 4.69) is 10.4 Å². The molecule has 0 aliphatic heterocycles. The Morgan fingerprint density at radius 2 is 2.37 bits per heavy atom. The average Bonchev–Trinajstić information content (AvgIpc) is 3.19. The maximum absolute atomic E-state index is 12.4. The standard InChI is InChI=1S/C14H18N4O/c1-14(9-15,10-5-6-10)17-13(19)11-8-16-18-7-3-2-4-12(11)18/h2-4,7-8,10H,5-6,9,15H2,1H3,(H,17,19). The first kappa shape index (κ1) is 12.2. The topological polar surface area (TPSA) is 72.4 Å². The van der Waals surface area contributed by atoms with Crippen molar-refractivity contribution in [3.8, 4) is 0 Å². The Bertz CT molecular complexity index is 617. The molecule has 1 amide bonds. The molecule has 1 saturated carbocycles.